The molecule has 19 heavy (non-hydrogen) atoms. The zero-order valence-electron chi connectivity index (χ0n) is 10.6. The van der Waals surface area contributed by atoms with Gasteiger partial charge in [0.05, 0.1) is 5.52 Å². The molecule has 0 radical (unpaired) electrons. The summed E-state index contributed by atoms with van der Waals surface area (Å²) < 4.78 is 0. The Kier molecular flexibility index (Phi) is 3.37. The Morgan fingerprint density at radius 2 is 2.05 bits per heavy atom. The van der Waals surface area contributed by atoms with Crippen LogP contribution in [0.2, 0.25) is 0 Å². The monoisotopic (exact) mass is 270 g/mol. The normalized spacial score (nSPS) is 10.8. The largest absolute Gasteiger partial charge is 0.356 e. The number of rotatable bonds is 4. The number of anilines is 1. The average Bonchev–Trinajstić information content (AvgIpc) is 2.93. The molecule has 0 aliphatic heterocycles. The standard InChI is InChI=1S/C14H14N4S/c1-2-12-17-18-14(19-12)16-9-11-6-3-5-10-7-4-8-15-13(10)11/h3-8H,2,9H2,1H3,(H,16,18). The van der Waals surface area contributed by atoms with Gasteiger partial charge in [0, 0.05) is 18.1 Å². The van der Waals surface area contributed by atoms with Crippen molar-refractivity contribution in [3.8, 4) is 0 Å². The van der Waals surface area contributed by atoms with Gasteiger partial charge in [-0.1, -0.05) is 42.5 Å². The van der Waals surface area contributed by atoms with Crippen LogP contribution in [0, 0.1) is 0 Å². The van der Waals surface area contributed by atoms with E-state index in [0.29, 0.717) is 6.54 Å². The molecule has 96 valence electrons. The van der Waals surface area contributed by atoms with E-state index >= 15 is 0 Å². The molecule has 4 nitrogen and oxygen atoms in total. The molecule has 2 aromatic heterocycles. The molecule has 0 saturated carbocycles. The third-order valence-electron chi connectivity index (χ3n) is 2.92. The van der Waals surface area contributed by atoms with Crippen LogP contribution in [0.15, 0.2) is 36.5 Å². The van der Waals surface area contributed by atoms with Gasteiger partial charge < -0.3 is 5.32 Å². The predicted molar refractivity (Wildman–Crippen MR) is 78.4 cm³/mol. The van der Waals surface area contributed by atoms with Crippen LogP contribution in [-0.2, 0) is 13.0 Å². The van der Waals surface area contributed by atoms with E-state index in [4.69, 9.17) is 0 Å². The molecule has 5 heteroatoms. The molecule has 0 spiro atoms. The van der Waals surface area contributed by atoms with Crippen LogP contribution in [-0.4, -0.2) is 15.2 Å². The Bertz CT molecular complexity index is 687. The maximum atomic E-state index is 4.44. The highest BCUT2D eigenvalue weighted by Crippen LogP contribution is 2.19. The van der Waals surface area contributed by atoms with Crippen molar-refractivity contribution in [1.29, 1.82) is 0 Å². The third kappa shape index (κ3) is 2.56. The van der Waals surface area contributed by atoms with Crippen molar-refractivity contribution in [2.24, 2.45) is 0 Å². The van der Waals surface area contributed by atoms with Gasteiger partial charge in [-0.05, 0) is 18.1 Å². The summed E-state index contributed by atoms with van der Waals surface area (Å²) in [6.45, 7) is 2.80. The molecule has 0 saturated heterocycles. The number of aryl methyl sites for hydroxylation is 1. The Hall–Kier alpha value is -2.01. The zero-order valence-corrected chi connectivity index (χ0v) is 11.4. The lowest BCUT2D eigenvalue weighted by molar-refractivity contribution is 0.976. The quantitative estimate of drug-likeness (QED) is 0.790. The van der Waals surface area contributed by atoms with Gasteiger partial charge in [0.2, 0.25) is 5.13 Å². The van der Waals surface area contributed by atoms with Crippen LogP contribution < -0.4 is 5.32 Å². The summed E-state index contributed by atoms with van der Waals surface area (Å²) in [5, 5.41) is 14.6. The van der Waals surface area contributed by atoms with E-state index in [1.54, 1.807) is 11.3 Å². The number of hydrogen-bond donors (Lipinski definition) is 1. The topological polar surface area (TPSA) is 50.7 Å². The fourth-order valence-corrected chi connectivity index (χ4v) is 2.62. The fourth-order valence-electron chi connectivity index (χ4n) is 1.95. The van der Waals surface area contributed by atoms with Gasteiger partial charge >= 0.3 is 0 Å². The van der Waals surface area contributed by atoms with E-state index in [2.05, 4.69) is 51.7 Å². The molecule has 3 aromatic rings. The van der Waals surface area contributed by atoms with E-state index in [0.717, 1.165) is 27.5 Å². The lowest BCUT2D eigenvalue weighted by Crippen LogP contribution is -2.00. The van der Waals surface area contributed by atoms with Gasteiger partial charge in [-0.25, -0.2) is 0 Å². The summed E-state index contributed by atoms with van der Waals surface area (Å²) in [5.74, 6) is 0. The summed E-state index contributed by atoms with van der Waals surface area (Å²) in [4.78, 5) is 4.44. The molecule has 3 rings (SSSR count). The molecule has 1 aromatic carbocycles. The lowest BCUT2D eigenvalue weighted by Gasteiger charge is -2.05. The second kappa shape index (κ2) is 5.32. The van der Waals surface area contributed by atoms with E-state index in [9.17, 15) is 0 Å². The molecular formula is C14H14N4S. The van der Waals surface area contributed by atoms with Crippen molar-refractivity contribution in [3.63, 3.8) is 0 Å². The highest BCUT2D eigenvalue weighted by atomic mass is 32.1. The maximum Gasteiger partial charge on any atom is 0.205 e. The van der Waals surface area contributed by atoms with E-state index in [1.165, 1.54) is 5.56 Å². The number of hydrogen-bond acceptors (Lipinski definition) is 5. The molecule has 1 N–H and O–H groups in total. The van der Waals surface area contributed by atoms with Gasteiger partial charge in [-0.3, -0.25) is 4.98 Å². The van der Waals surface area contributed by atoms with Gasteiger partial charge in [-0.15, -0.1) is 10.2 Å². The second-order valence-corrected chi connectivity index (χ2v) is 5.26. The molecule has 0 atom stereocenters. The lowest BCUT2D eigenvalue weighted by atomic mass is 10.1. The van der Waals surface area contributed by atoms with E-state index in [1.807, 2.05) is 12.3 Å². The summed E-state index contributed by atoms with van der Waals surface area (Å²) in [6, 6.07) is 10.2. The molecule has 0 amide bonds. The van der Waals surface area contributed by atoms with Crippen LogP contribution in [0.1, 0.15) is 17.5 Å². The minimum atomic E-state index is 0.715. The van der Waals surface area contributed by atoms with Crippen molar-refractivity contribution in [1.82, 2.24) is 15.2 Å². The zero-order chi connectivity index (χ0) is 13.1. The Morgan fingerprint density at radius 3 is 2.89 bits per heavy atom. The first-order chi connectivity index (χ1) is 9.36. The first-order valence-electron chi connectivity index (χ1n) is 6.25. The molecule has 0 aliphatic carbocycles. The molecule has 0 aliphatic rings. The summed E-state index contributed by atoms with van der Waals surface area (Å²) in [6.07, 6.45) is 2.75. The number of aromatic nitrogens is 3. The van der Waals surface area contributed by atoms with Crippen LogP contribution in [0.4, 0.5) is 5.13 Å². The molecule has 0 fully saturated rings. The van der Waals surface area contributed by atoms with E-state index in [-0.39, 0.29) is 0 Å². The van der Waals surface area contributed by atoms with Gasteiger partial charge in [0.1, 0.15) is 5.01 Å². The van der Waals surface area contributed by atoms with Crippen molar-refractivity contribution >= 4 is 27.4 Å². The Labute approximate surface area is 115 Å². The van der Waals surface area contributed by atoms with Crippen LogP contribution >= 0.6 is 11.3 Å². The first kappa shape index (κ1) is 12.0. The highest BCUT2D eigenvalue weighted by molar-refractivity contribution is 7.15. The summed E-state index contributed by atoms with van der Waals surface area (Å²) in [5.41, 5.74) is 2.21. The molecule has 2 heterocycles. The number of para-hydroxylation sites is 1. The number of fused-ring (bicyclic) bond motifs is 1. The smallest absolute Gasteiger partial charge is 0.205 e. The fraction of sp³-hybridized carbons (Fsp3) is 0.214. The average molecular weight is 270 g/mol. The van der Waals surface area contributed by atoms with Crippen LogP contribution in [0.5, 0.6) is 0 Å². The van der Waals surface area contributed by atoms with Crippen LogP contribution in [0.25, 0.3) is 10.9 Å². The predicted octanol–water partition coefficient (Wildman–Crippen LogP) is 3.26. The third-order valence-corrected chi connectivity index (χ3v) is 3.94. The number of nitrogens with zero attached hydrogens (tertiary/aromatic N) is 3. The van der Waals surface area contributed by atoms with Crippen molar-refractivity contribution in [3.05, 3.63) is 47.1 Å². The highest BCUT2D eigenvalue weighted by Gasteiger charge is 2.04. The maximum absolute atomic E-state index is 4.44. The van der Waals surface area contributed by atoms with Crippen molar-refractivity contribution < 1.29 is 0 Å². The Morgan fingerprint density at radius 1 is 1.16 bits per heavy atom. The molecular weight excluding hydrogens is 256 g/mol. The Balaban J connectivity index is 1.81. The summed E-state index contributed by atoms with van der Waals surface area (Å²) in [7, 11) is 0. The molecule has 0 bridgehead atoms. The van der Waals surface area contributed by atoms with Gasteiger partial charge in [0.15, 0.2) is 0 Å². The van der Waals surface area contributed by atoms with Crippen molar-refractivity contribution in [2.45, 2.75) is 19.9 Å². The summed E-state index contributed by atoms with van der Waals surface area (Å²) >= 11 is 1.60. The molecule has 0 unspecified atom stereocenters. The van der Waals surface area contributed by atoms with E-state index < -0.39 is 0 Å². The minimum absolute atomic E-state index is 0.715. The number of pyridine rings is 1. The number of nitrogens with one attached hydrogen (secondary N) is 1. The SMILES string of the molecule is CCc1nnc(NCc2cccc3cccnc23)s1. The van der Waals surface area contributed by atoms with Crippen LogP contribution in [0.3, 0.4) is 0 Å². The van der Waals surface area contributed by atoms with Gasteiger partial charge in [-0.2, -0.15) is 0 Å². The van der Waals surface area contributed by atoms with Crippen molar-refractivity contribution in [2.75, 3.05) is 5.32 Å². The second-order valence-electron chi connectivity index (χ2n) is 4.20. The first-order valence-corrected chi connectivity index (χ1v) is 7.07. The minimum Gasteiger partial charge on any atom is -0.356 e. The number of benzene rings is 1. The van der Waals surface area contributed by atoms with Gasteiger partial charge in [0.25, 0.3) is 0 Å².